The lowest BCUT2D eigenvalue weighted by molar-refractivity contribution is -0.116. The van der Waals surface area contributed by atoms with E-state index in [4.69, 9.17) is 10.5 Å². The second-order valence-electron chi connectivity index (χ2n) is 7.08. The van der Waals surface area contributed by atoms with E-state index < -0.39 is 0 Å². The molecule has 2 aromatic carbocycles. The number of carbonyl (C=O) groups is 2. The minimum absolute atomic E-state index is 0.0361. The zero-order valence-electron chi connectivity index (χ0n) is 16.7. The molecule has 1 amide bonds. The monoisotopic (exact) mass is 393 g/mol. The Morgan fingerprint density at radius 2 is 1.76 bits per heavy atom. The van der Waals surface area contributed by atoms with Gasteiger partial charge in [-0.1, -0.05) is 31.0 Å². The summed E-state index contributed by atoms with van der Waals surface area (Å²) in [5.74, 6) is 0.819. The Balaban J connectivity index is 1.37. The Labute approximate surface area is 170 Å². The largest absolute Gasteiger partial charge is 0.496 e. The molecule has 6 heteroatoms. The van der Waals surface area contributed by atoms with E-state index in [2.05, 4.69) is 10.3 Å². The first-order chi connectivity index (χ1) is 14.1. The van der Waals surface area contributed by atoms with Gasteiger partial charge in [0.1, 0.15) is 5.75 Å². The van der Waals surface area contributed by atoms with Gasteiger partial charge in [0.15, 0.2) is 5.78 Å². The number of H-pyrrole nitrogens is 1. The highest BCUT2D eigenvalue weighted by Crippen LogP contribution is 2.26. The number of aromatic nitrogens is 1. The number of anilines is 2. The average molecular weight is 393 g/mol. The predicted octanol–water partition coefficient (Wildman–Crippen LogP) is 4.92. The molecule has 29 heavy (non-hydrogen) atoms. The predicted molar refractivity (Wildman–Crippen MR) is 116 cm³/mol. The Morgan fingerprint density at radius 1 is 1.00 bits per heavy atom. The molecule has 4 N–H and O–H groups in total. The molecule has 0 saturated carbocycles. The van der Waals surface area contributed by atoms with Gasteiger partial charge < -0.3 is 20.8 Å². The number of amides is 1. The highest BCUT2D eigenvalue weighted by atomic mass is 16.5. The van der Waals surface area contributed by atoms with Gasteiger partial charge in [0.2, 0.25) is 5.91 Å². The van der Waals surface area contributed by atoms with Crippen LogP contribution < -0.4 is 15.8 Å². The maximum atomic E-state index is 12.4. The average Bonchev–Trinajstić information content (AvgIpc) is 3.16. The van der Waals surface area contributed by atoms with Crippen LogP contribution in [0.15, 0.2) is 48.5 Å². The second kappa shape index (κ2) is 9.78. The maximum Gasteiger partial charge on any atom is 0.224 e. The third kappa shape index (κ3) is 5.38. The molecule has 0 atom stereocenters. The molecule has 1 heterocycles. The number of hydrogen-bond acceptors (Lipinski definition) is 4. The number of hydrogen-bond donors (Lipinski definition) is 3. The van der Waals surface area contributed by atoms with Crippen molar-refractivity contribution in [1.82, 2.24) is 4.98 Å². The molecule has 0 radical (unpaired) electrons. The highest BCUT2D eigenvalue weighted by Gasteiger charge is 2.12. The van der Waals surface area contributed by atoms with Gasteiger partial charge in [-0.2, -0.15) is 0 Å². The van der Waals surface area contributed by atoms with Gasteiger partial charge in [-0.05, 0) is 43.2 Å². The molecular weight excluding hydrogens is 366 g/mol. The molecule has 0 unspecified atom stereocenters. The summed E-state index contributed by atoms with van der Waals surface area (Å²) in [6, 6.07) is 14.8. The van der Waals surface area contributed by atoms with Crippen molar-refractivity contribution in [2.24, 2.45) is 0 Å². The summed E-state index contributed by atoms with van der Waals surface area (Å²) >= 11 is 0. The lowest BCUT2D eigenvalue weighted by atomic mass is 10.1. The number of nitrogens with one attached hydrogen (secondary N) is 2. The first-order valence-electron chi connectivity index (χ1n) is 9.92. The van der Waals surface area contributed by atoms with Crippen molar-refractivity contribution in [2.75, 3.05) is 18.2 Å². The Morgan fingerprint density at radius 3 is 2.52 bits per heavy atom. The van der Waals surface area contributed by atoms with Crippen molar-refractivity contribution >= 4 is 34.0 Å². The second-order valence-corrected chi connectivity index (χ2v) is 7.08. The SMILES string of the molecule is COc1cccc2[nH]c(C(=O)CCCCCCC(=O)Nc3ccccc3N)cc12. The minimum atomic E-state index is -0.0361. The van der Waals surface area contributed by atoms with Crippen LogP contribution in [-0.2, 0) is 4.79 Å². The summed E-state index contributed by atoms with van der Waals surface area (Å²) in [5, 5.41) is 3.75. The molecule has 6 nitrogen and oxygen atoms in total. The van der Waals surface area contributed by atoms with E-state index in [1.807, 2.05) is 36.4 Å². The van der Waals surface area contributed by atoms with Crippen molar-refractivity contribution in [3.63, 3.8) is 0 Å². The van der Waals surface area contributed by atoms with E-state index >= 15 is 0 Å². The quantitative estimate of drug-likeness (QED) is 0.259. The standard InChI is InChI=1S/C23H27N3O3/c1-29-22-13-8-11-18-16(22)15-20(25-18)21(27)12-4-2-3-5-14-23(28)26-19-10-7-6-9-17(19)24/h6-11,13,15,25H,2-5,12,14,24H2,1H3,(H,26,28). The van der Waals surface area contributed by atoms with Crippen molar-refractivity contribution < 1.29 is 14.3 Å². The fourth-order valence-corrected chi connectivity index (χ4v) is 3.34. The number of benzene rings is 2. The summed E-state index contributed by atoms with van der Waals surface area (Å²) in [5.41, 5.74) is 8.55. The molecule has 3 aromatic rings. The van der Waals surface area contributed by atoms with Gasteiger partial charge in [0.25, 0.3) is 0 Å². The summed E-state index contributed by atoms with van der Waals surface area (Å²) in [6.45, 7) is 0. The molecule has 0 aliphatic rings. The molecule has 0 aliphatic heterocycles. The maximum absolute atomic E-state index is 12.4. The molecule has 0 fully saturated rings. The number of aromatic amines is 1. The first kappa shape index (κ1) is 20.5. The van der Waals surface area contributed by atoms with Crippen molar-refractivity contribution in [3.05, 3.63) is 54.2 Å². The Bertz CT molecular complexity index is 994. The Kier molecular flexibility index (Phi) is 6.89. The zero-order chi connectivity index (χ0) is 20.6. The first-order valence-corrected chi connectivity index (χ1v) is 9.92. The van der Waals surface area contributed by atoms with Crippen molar-refractivity contribution in [2.45, 2.75) is 38.5 Å². The summed E-state index contributed by atoms with van der Waals surface area (Å²) in [4.78, 5) is 27.6. The van der Waals surface area contributed by atoms with Crippen LogP contribution in [0, 0.1) is 0 Å². The molecule has 0 bridgehead atoms. The number of fused-ring (bicyclic) bond motifs is 1. The van der Waals surface area contributed by atoms with E-state index in [0.29, 0.717) is 29.9 Å². The number of ketones is 1. The normalized spacial score (nSPS) is 10.8. The van der Waals surface area contributed by atoms with Gasteiger partial charge >= 0.3 is 0 Å². The van der Waals surface area contributed by atoms with E-state index in [0.717, 1.165) is 42.3 Å². The molecule has 152 valence electrons. The number of carbonyl (C=O) groups excluding carboxylic acids is 2. The topological polar surface area (TPSA) is 97.2 Å². The van der Waals surface area contributed by atoms with Crippen molar-refractivity contribution in [3.8, 4) is 5.75 Å². The van der Waals surface area contributed by atoms with Crippen LogP contribution in [-0.4, -0.2) is 23.8 Å². The summed E-state index contributed by atoms with van der Waals surface area (Å²) in [6.07, 6.45) is 4.35. The van der Waals surface area contributed by atoms with E-state index in [-0.39, 0.29) is 11.7 Å². The summed E-state index contributed by atoms with van der Waals surface area (Å²) < 4.78 is 5.34. The smallest absolute Gasteiger partial charge is 0.224 e. The van der Waals surface area contributed by atoms with Gasteiger partial charge in [-0.15, -0.1) is 0 Å². The number of unbranched alkanes of at least 4 members (excludes halogenated alkanes) is 3. The zero-order valence-corrected chi connectivity index (χ0v) is 16.7. The lowest BCUT2D eigenvalue weighted by Gasteiger charge is -2.07. The number of methoxy groups -OCH3 is 1. The number of rotatable bonds is 10. The van der Waals surface area contributed by atoms with Crippen LogP contribution in [0.2, 0.25) is 0 Å². The third-order valence-corrected chi connectivity index (χ3v) is 4.94. The third-order valence-electron chi connectivity index (χ3n) is 4.94. The molecule has 0 spiro atoms. The molecule has 1 aromatic heterocycles. The fraction of sp³-hybridized carbons (Fsp3) is 0.304. The number of nitrogen functional groups attached to an aromatic ring is 1. The number of Topliss-reactive ketones (excluding diaryl/α,β-unsaturated/α-hetero) is 1. The molecule has 3 rings (SSSR count). The molecular formula is C23H27N3O3. The molecule has 0 aliphatic carbocycles. The Hall–Kier alpha value is -3.28. The van der Waals surface area contributed by atoms with Gasteiger partial charge in [-0.25, -0.2) is 0 Å². The number of nitrogens with two attached hydrogens (primary N) is 1. The van der Waals surface area contributed by atoms with Crippen LogP contribution in [0.1, 0.15) is 49.0 Å². The fourth-order valence-electron chi connectivity index (χ4n) is 3.34. The van der Waals surface area contributed by atoms with Crippen LogP contribution in [0.5, 0.6) is 5.75 Å². The van der Waals surface area contributed by atoms with Gasteiger partial charge in [-0.3, -0.25) is 9.59 Å². The van der Waals surface area contributed by atoms with Crippen LogP contribution in [0.3, 0.4) is 0 Å². The lowest BCUT2D eigenvalue weighted by Crippen LogP contribution is -2.12. The van der Waals surface area contributed by atoms with Gasteiger partial charge in [0.05, 0.1) is 24.2 Å². The van der Waals surface area contributed by atoms with Crippen LogP contribution in [0.4, 0.5) is 11.4 Å². The van der Waals surface area contributed by atoms with Gasteiger partial charge in [0, 0.05) is 23.7 Å². The van der Waals surface area contributed by atoms with Crippen molar-refractivity contribution in [1.29, 1.82) is 0 Å². The highest BCUT2D eigenvalue weighted by molar-refractivity contribution is 6.00. The number of ether oxygens (including phenoxy) is 1. The molecule has 0 saturated heterocycles. The van der Waals surface area contributed by atoms with Crippen LogP contribution >= 0.6 is 0 Å². The minimum Gasteiger partial charge on any atom is -0.496 e. The van der Waals surface area contributed by atoms with E-state index in [1.165, 1.54) is 0 Å². The number of para-hydroxylation sites is 2. The van der Waals surface area contributed by atoms with E-state index in [9.17, 15) is 9.59 Å². The summed E-state index contributed by atoms with van der Waals surface area (Å²) in [7, 11) is 1.62. The van der Waals surface area contributed by atoms with E-state index in [1.54, 1.807) is 19.2 Å². The van der Waals surface area contributed by atoms with Crippen LogP contribution in [0.25, 0.3) is 10.9 Å².